The fourth-order valence-electron chi connectivity index (χ4n) is 4.94. The molecule has 0 spiro atoms. The number of fused-ring (bicyclic) bond motifs is 1. The van der Waals surface area contributed by atoms with Crippen molar-refractivity contribution in [3.8, 4) is 0 Å². The highest BCUT2D eigenvalue weighted by Crippen LogP contribution is 2.37. The third-order valence-electron chi connectivity index (χ3n) is 6.44. The van der Waals surface area contributed by atoms with Gasteiger partial charge in [-0.15, -0.1) is 12.4 Å². The van der Waals surface area contributed by atoms with Crippen molar-refractivity contribution in [2.75, 3.05) is 20.1 Å². The minimum absolute atomic E-state index is 0. The zero-order chi connectivity index (χ0) is 20.4. The number of aryl methyl sites for hydroxylation is 1. The van der Waals surface area contributed by atoms with Gasteiger partial charge in [-0.2, -0.15) is 0 Å². The van der Waals surface area contributed by atoms with Crippen LogP contribution in [0.4, 0.5) is 0 Å². The van der Waals surface area contributed by atoms with Crippen molar-refractivity contribution in [2.45, 2.75) is 50.6 Å². The highest BCUT2D eigenvalue weighted by Gasteiger charge is 2.37. The third kappa shape index (κ3) is 4.96. The highest BCUT2D eigenvalue weighted by atomic mass is 35.5. The molecule has 0 aromatic heterocycles. The largest absolute Gasteiger partial charge is 0.337 e. The first-order chi connectivity index (χ1) is 14.0. The molecular weight excluding hydrogens is 439 g/mol. The number of likely N-dealkylation sites (tertiary alicyclic amines) is 1. The van der Waals surface area contributed by atoms with Crippen LogP contribution in [0.2, 0.25) is 10.0 Å². The van der Waals surface area contributed by atoms with Crippen LogP contribution in [0, 0.1) is 0 Å². The topological polar surface area (TPSA) is 23.6 Å². The first-order valence-corrected chi connectivity index (χ1v) is 11.3. The second-order valence-corrected chi connectivity index (χ2v) is 9.09. The van der Waals surface area contributed by atoms with Crippen LogP contribution in [0.25, 0.3) is 0 Å². The molecule has 4 rings (SSSR count). The Morgan fingerprint density at radius 3 is 2.53 bits per heavy atom. The molecule has 1 saturated heterocycles. The number of likely N-dealkylation sites (N-methyl/N-ethyl adjacent to an activating group) is 1. The smallest absolute Gasteiger partial charge is 0.227 e. The number of nitrogens with zero attached hydrogens (tertiary/aromatic N) is 2. The van der Waals surface area contributed by atoms with Crippen LogP contribution in [-0.2, 0) is 17.6 Å². The van der Waals surface area contributed by atoms with E-state index in [-0.39, 0.29) is 24.4 Å². The van der Waals surface area contributed by atoms with Crippen LogP contribution in [-0.4, -0.2) is 41.9 Å². The molecule has 162 valence electrons. The first kappa shape index (κ1) is 23.4. The van der Waals surface area contributed by atoms with Gasteiger partial charge >= 0.3 is 0 Å². The van der Waals surface area contributed by atoms with Crippen molar-refractivity contribution in [1.29, 1.82) is 0 Å². The molecule has 1 aliphatic heterocycles. The number of hydrogen-bond acceptors (Lipinski definition) is 2. The Kier molecular flexibility index (Phi) is 8.09. The summed E-state index contributed by atoms with van der Waals surface area (Å²) >= 11 is 12.2. The Labute approximate surface area is 195 Å². The first-order valence-electron chi connectivity index (χ1n) is 10.6. The number of amides is 1. The molecule has 0 unspecified atom stereocenters. The molecule has 30 heavy (non-hydrogen) atoms. The summed E-state index contributed by atoms with van der Waals surface area (Å²) < 4.78 is 0. The van der Waals surface area contributed by atoms with E-state index in [1.165, 1.54) is 30.4 Å². The van der Waals surface area contributed by atoms with E-state index in [4.69, 9.17) is 23.2 Å². The number of carbonyl (C=O) groups excluding carboxylic acids is 1. The molecule has 0 bridgehead atoms. The van der Waals surface area contributed by atoms with Gasteiger partial charge in [-0.25, -0.2) is 0 Å². The summed E-state index contributed by atoms with van der Waals surface area (Å²) in [7, 11) is 1.97. The van der Waals surface area contributed by atoms with Crippen LogP contribution in [0.15, 0.2) is 42.5 Å². The Morgan fingerprint density at radius 2 is 1.80 bits per heavy atom. The van der Waals surface area contributed by atoms with Crippen molar-refractivity contribution in [3.63, 3.8) is 0 Å². The fraction of sp³-hybridized carbons (Fsp3) is 0.458. The molecular formula is C24H29Cl3N2O. The maximum Gasteiger partial charge on any atom is 0.227 e. The molecule has 1 heterocycles. The average Bonchev–Trinajstić information content (AvgIpc) is 3.18. The van der Waals surface area contributed by atoms with E-state index in [1.807, 2.05) is 18.0 Å². The molecule has 2 atom stereocenters. The predicted molar refractivity (Wildman–Crippen MR) is 127 cm³/mol. The molecule has 0 radical (unpaired) electrons. The molecule has 2 aromatic carbocycles. The minimum atomic E-state index is 0. The van der Waals surface area contributed by atoms with Crippen molar-refractivity contribution in [1.82, 2.24) is 9.80 Å². The highest BCUT2D eigenvalue weighted by molar-refractivity contribution is 6.42. The van der Waals surface area contributed by atoms with E-state index in [0.29, 0.717) is 22.5 Å². The third-order valence-corrected chi connectivity index (χ3v) is 7.18. The lowest BCUT2D eigenvalue weighted by Gasteiger charge is -2.39. The van der Waals surface area contributed by atoms with Crippen LogP contribution >= 0.6 is 35.6 Å². The standard InChI is InChI=1S/C24H28Cl2N2O.ClH/c1-27(23(29)16-17-11-12-20(25)21(26)15-17)24-19-9-3-2-7-18(19)8-6-10-22(24)28-13-4-5-14-28;/h2-3,7,9,11-12,15,22,24H,4-6,8,10,13-14,16H2,1H3;1H/t22-,24-;/m0./s1. The monoisotopic (exact) mass is 466 g/mol. The number of hydrogen-bond donors (Lipinski definition) is 0. The van der Waals surface area contributed by atoms with E-state index < -0.39 is 0 Å². The Morgan fingerprint density at radius 1 is 1.07 bits per heavy atom. The quantitative estimate of drug-likeness (QED) is 0.518. The van der Waals surface area contributed by atoms with E-state index in [1.54, 1.807) is 12.1 Å². The van der Waals surface area contributed by atoms with Gasteiger partial charge < -0.3 is 4.90 Å². The van der Waals surface area contributed by atoms with Gasteiger partial charge in [0.15, 0.2) is 0 Å². The van der Waals surface area contributed by atoms with Crippen molar-refractivity contribution in [2.24, 2.45) is 0 Å². The van der Waals surface area contributed by atoms with Crippen molar-refractivity contribution >= 4 is 41.5 Å². The van der Waals surface area contributed by atoms with E-state index >= 15 is 0 Å². The molecule has 3 nitrogen and oxygen atoms in total. The van der Waals surface area contributed by atoms with Gasteiger partial charge in [0, 0.05) is 13.1 Å². The zero-order valence-corrected chi connectivity index (χ0v) is 19.6. The number of halogens is 3. The van der Waals surface area contributed by atoms with E-state index in [9.17, 15) is 4.79 Å². The summed E-state index contributed by atoms with van der Waals surface area (Å²) in [4.78, 5) is 17.9. The summed E-state index contributed by atoms with van der Waals surface area (Å²) in [5, 5.41) is 1.01. The minimum Gasteiger partial charge on any atom is -0.337 e. The summed E-state index contributed by atoms with van der Waals surface area (Å²) in [6.45, 7) is 2.27. The Balaban J connectivity index is 0.00000256. The summed E-state index contributed by atoms with van der Waals surface area (Å²) in [5.74, 6) is 0.120. The lowest BCUT2D eigenvalue weighted by Crippen LogP contribution is -2.46. The molecule has 6 heteroatoms. The van der Waals surface area contributed by atoms with E-state index in [2.05, 4.69) is 29.2 Å². The number of rotatable bonds is 4. The average molecular weight is 468 g/mol. The van der Waals surface area contributed by atoms with Gasteiger partial charge in [0.2, 0.25) is 5.91 Å². The normalized spacial score (nSPS) is 21.4. The summed E-state index contributed by atoms with van der Waals surface area (Å²) in [6.07, 6.45) is 6.23. The van der Waals surface area contributed by atoms with Gasteiger partial charge in [0.25, 0.3) is 0 Å². The van der Waals surface area contributed by atoms with Gasteiger partial charge in [-0.3, -0.25) is 9.69 Å². The number of benzene rings is 2. The predicted octanol–water partition coefficient (Wildman–Crippen LogP) is 5.96. The lowest BCUT2D eigenvalue weighted by atomic mass is 9.93. The van der Waals surface area contributed by atoms with Gasteiger partial charge in [0.05, 0.1) is 22.5 Å². The van der Waals surface area contributed by atoms with Gasteiger partial charge in [-0.05, 0) is 74.0 Å². The molecule has 1 amide bonds. The maximum atomic E-state index is 13.3. The second-order valence-electron chi connectivity index (χ2n) is 8.28. The maximum absolute atomic E-state index is 13.3. The van der Waals surface area contributed by atoms with Crippen molar-refractivity contribution < 1.29 is 4.79 Å². The molecule has 1 aliphatic carbocycles. The lowest BCUT2D eigenvalue weighted by molar-refractivity contribution is -0.132. The van der Waals surface area contributed by atoms with Crippen LogP contribution in [0.3, 0.4) is 0 Å². The zero-order valence-electron chi connectivity index (χ0n) is 17.3. The van der Waals surface area contributed by atoms with Crippen LogP contribution in [0.5, 0.6) is 0 Å². The van der Waals surface area contributed by atoms with Crippen molar-refractivity contribution in [3.05, 3.63) is 69.2 Å². The molecule has 0 N–H and O–H groups in total. The molecule has 1 fully saturated rings. The fourth-order valence-corrected chi connectivity index (χ4v) is 5.26. The molecule has 0 saturated carbocycles. The SMILES string of the molecule is CN(C(=O)Cc1ccc(Cl)c(Cl)c1)[C@H]1c2ccccc2CCC[C@@H]1N1CCCC1.Cl. The van der Waals surface area contributed by atoms with Crippen LogP contribution < -0.4 is 0 Å². The number of carbonyl (C=O) groups is 1. The second kappa shape index (κ2) is 10.4. The van der Waals surface area contributed by atoms with Gasteiger partial charge in [0.1, 0.15) is 0 Å². The molecule has 2 aromatic rings. The Bertz CT molecular complexity index is 883. The van der Waals surface area contributed by atoms with Crippen LogP contribution in [0.1, 0.15) is 48.4 Å². The van der Waals surface area contributed by atoms with Gasteiger partial charge in [-0.1, -0.05) is 53.5 Å². The summed E-state index contributed by atoms with van der Waals surface area (Å²) in [5.41, 5.74) is 3.59. The Hall–Kier alpha value is -1.26. The summed E-state index contributed by atoms with van der Waals surface area (Å²) in [6, 6.07) is 14.6. The molecule has 2 aliphatic rings. The van der Waals surface area contributed by atoms with E-state index in [0.717, 1.165) is 31.5 Å².